The Bertz CT molecular complexity index is 1310. The van der Waals surface area contributed by atoms with E-state index in [-0.39, 0.29) is 30.3 Å². The second kappa shape index (κ2) is 10.5. The van der Waals surface area contributed by atoms with Gasteiger partial charge in [-0.1, -0.05) is 64.0 Å². The Morgan fingerprint density at radius 3 is 2.60 bits per heavy atom. The highest BCUT2D eigenvalue weighted by Gasteiger charge is 2.72. The molecule has 1 saturated carbocycles. The summed E-state index contributed by atoms with van der Waals surface area (Å²) < 4.78 is 6.48. The predicted octanol–water partition coefficient (Wildman–Crippen LogP) is 4.19. The van der Waals surface area contributed by atoms with Gasteiger partial charge >= 0.3 is 0 Å². The van der Waals surface area contributed by atoms with Crippen molar-refractivity contribution in [3.8, 4) is 0 Å². The summed E-state index contributed by atoms with van der Waals surface area (Å²) in [5, 5.41) is 6.28. The molecule has 2 bridgehead atoms. The lowest BCUT2D eigenvalue weighted by Gasteiger charge is -2.36. The lowest BCUT2D eigenvalue weighted by atomic mass is 9.74. The quantitative estimate of drug-likeness (QED) is 0.511. The van der Waals surface area contributed by atoms with Crippen LogP contribution in [0.4, 0.5) is 5.69 Å². The van der Waals surface area contributed by atoms with Crippen LogP contribution < -0.4 is 10.6 Å². The standard InChI is InChI=1S/C32H38N4O4/c1-19(2)22-10-12-23(13-11-22)34-29(37)26-25-14-15-32(40-25)27(26)31(39)36(18-21-8-6-16-33-17-21)28(32)30(38)35-24-9-5-4-7-20(24)3/h6,8,10-17,19-20,24-28H,4-5,7,9,18H2,1-3H3,(H,34,37)(H,35,38)/t20?,24?,25-,26?,27-,28?,32+/m0/s1. The third-order valence-electron chi connectivity index (χ3n) is 9.28. The number of anilines is 1. The molecule has 3 fully saturated rings. The van der Waals surface area contributed by atoms with E-state index in [4.69, 9.17) is 4.74 Å². The van der Waals surface area contributed by atoms with E-state index in [9.17, 15) is 14.4 Å². The summed E-state index contributed by atoms with van der Waals surface area (Å²) in [5.41, 5.74) is 1.49. The van der Waals surface area contributed by atoms with Crippen molar-refractivity contribution < 1.29 is 19.1 Å². The molecular weight excluding hydrogens is 504 g/mol. The molecule has 3 aliphatic heterocycles. The van der Waals surface area contributed by atoms with E-state index in [1.54, 1.807) is 17.3 Å². The smallest absolute Gasteiger partial charge is 0.246 e. The summed E-state index contributed by atoms with van der Waals surface area (Å²) in [6.07, 6.45) is 10.8. The Kier molecular flexibility index (Phi) is 6.98. The van der Waals surface area contributed by atoms with Crippen molar-refractivity contribution in [1.29, 1.82) is 0 Å². The monoisotopic (exact) mass is 542 g/mol. The molecule has 4 unspecified atom stereocenters. The normalized spacial score (nSPS) is 32.4. The van der Waals surface area contributed by atoms with E-state index in [1.165, 1.54) is 12.0 Å². The van der Waals surface area contributed by atoms with Crippen LogP contribution in [0.1, 0.15) is 63.5 Å². The molecule has 4 heterocycles. The number of amides is 3. The van der Waals surface area contributed by atoms with E-state index in [0.717, 1.165) is 24.8 Å². The zero-order chi connectivity index (χ0) is 28.0. The number of benzene rings is 1. The second-order valence-corrected chi connectivity index (χ2v) is 12.2. The van der Waals surface area contributed by atoms with Crippen LogP contribution in [0.3, 0.4) is 0 Å². The summed E-state index contributed by atoms with van der Waals surface area (Å²) in [7, 11) is 0. The van der Waals surface area contributed by atoms with Gasteiger partial charge in [0.2, 0.25) is 17.7 Å². The van der Waals surface area contributed by atoms with Crippen LogP contribution in [0.15, 0.2) is 60.9 Å². The fourth-order valence-corrected chi connectivity index (χ4v) is 7.10. The maximum absolute atomic E-state index is 14.2. The maximum Gasteiger partial charge on any atom is 0.246 e. The van der Waals surface area contributed by atoms with E-state index in [1.807, 2.05) is 48.6 Å². The van der Waals surface area contributed by atoms with Gasteiger partial charge in [0.1, 0.15) is 11.6 Å². The molecule has 2 N–H and O–H groups in total. The van der Waals surface area contributed by atoms with E-state index in [2.05, 4.69) is 36.4 Å². The van der Waals surface area contributed by atoms with Crippen LogP contribution in [-0.4, -0.2) is 51.4 Å². The first-order valence-electron chi connectivity index (χ1n) is 14.6. The number of hydrogen-bond donors (Lipinski definition) is 2. The summed E-state index contributed by atoms with van der Waals surface area (Å²) in [6, 6.07) is 10.7. The van der Waals surface area contributed by atoms with Crippen molar-refractivity contribution in [1.82, 2.24) is 15.2 Å². The van der Waals surface area contributed by atoms with Crippen LogP contribution in [0.25, 0.3) is 0 Å². The molecule has 0 radical (unpaired) electrons. The highest BCUT2D eigenvalue weighted by molar-refractivity contribution is 6.02. The molecule has 7 atom stereocenters. The van der Waals surface area contributed by atoms with Crippen molar-refractivity contribution in [2.75, 3.05) is 5.32 Å². The first-order valence-corrected chi connectivity index (χ1v) is 14.6. The molecule has 1 aromatic carbocycles. The highest BCUT2D eigenvalue weighted by atomic mass is 16.5. The summed E-state index contributed by atoms with van der Waals surface area (Å²) >= 11 is 0. The van der Waals surface area contributed by atoms with Crippen LogP contribution in [-0.2, 0) is 25.7 Å². The molecule has 3 amide bonds. The van der Waals surface area contributed by atoms with Gasteiger partial charge in [0, 0.05) is 30.7 Å². The molecule has 210 valence electrons. The van der Waals surface area contributed by atoms with Crippen molar-refractivity contribution in [3.63, 3.8) is 0 Å². The van der Waals surface area contributed by atoms with Gasteiger partial charge in [-0.2, -0.15) is 0 Å². The Hall–Kier alpha value is -3.52. The van der Waals surface area contributed by atoms with Crippen molar-refractivity contribution in [2.45, 2.75) is 82.7 Å². The van der Waals surface area contributed by atoms with Gasteiger partial charge in [0.25, 0.3) is 0 Å². The number of likely N-dealkylation sites (tertiary alicyclic amines) is 1. The highest BCUT2D eigenvalue weighted by Crippen LogP contribution is 2.55. The Morgan fingerprint density at radius 1 is 1.12 bits per heavy atom. The Morgan fingerprint density at radius 2 is 1.90 bits per heavy atom. The fourth-order valence-electron chi connectivity index (χ4n) is 7.10. The summed E-state index contributed by atoms with van der Waals surface area (Å²) in [5.74, 6) is -1.48. The number of aromatic nitrogens is 1. The maximum atomic E-state index is 14.2. The van der Waals surface area contributed by atoms with Crippen LogP contribution >= 0.6 is 0 Å². The lowest BCUT2D eigenvalue weighted by molar-refractivity contribution is -0.142. The predicted molar refractivity (Wildman–Crippen MR) is 151 cm³/mol. The molecule has 8 nitrogen and oxygen atoms in total. The van der Waals surface area contributed by atoms with Crippen LogP contribution in [0.5, 0.6) is 0 Å². The molecule has 2 saturated heterocycles. The molecule has 1 spiro atoms. The molecule has 2 aromatic rings. The second-order valence-electron chi connectivity index (χ2n) is 12.2. The van der Waals surface area contributed by atoms with E-state index < -0.39 is 29.6 Å². The minimum Gasteiger partial charge on any atom is -0.359 e. The average molecular weight is 543 g/mol. The van der Waals surface area contributed by atoms with Crippen LogP contribution in [0.2, 0.25) is 0 Å². The SMILES string of the molecule is CC(C)c1ccc(NC(=O)C2[C@@H]3C=C[C@]4(O3)C(C(=O)NC3CCCCC3C)N(Cc3cccnc3)C(=O)[C@H]24)cc1. The lowest BCUT2D eigenvalue weighted by Crippen LogP contribution is -2.57. The summed E-state index contributed by atoms with van der Waals surface area (Å²) in [4.78, 5) is 47.7. The Labute approximate surface area is 235 Å². The molecule has 40 heavy (non-hydrogen) atoms. The minimum atomic E-state index is -1.19. The summed E-state index contributed by atoms with van der Waals surface area (Å²) in [6.45, 7) is 6.63. The van der Waals surface area contributed by atoms with Gasteiger partial charge in [-0.3, -0.25) is 19.4 Å². The number of ether oxygens (including phenoxy) is 1. The van der Waals surface area contributed by atoms with Gasteiger partial charge in [0.05, 0.1) is 17.9 Å². The van der Waals surface area contributed by atoms with Crippen LogP contribution in [0, 0.1) is 17.8 Å². The number of carbonyl (C=O) groups excluding carboxylic acids is 3. The number of nitrogens with zero attached hydrogens (tertiary/aromatic N) is 2. The number of pyridine rings is 1. The zero-order valence-electron chi connectivity index (χ0n) is 23.4. The molecule has 8 heteroatoms. The third-order valence-corrected chi connectivity index (χ3v) is 9.28. The molecule has 1 aliphatic carbocycles. The Balaban J connectivity index is 1.30. The van der Waals surface area contributed by atoms with Gasteiger partial charge in [-0.05, 0) is 54.0 Å². The zero-order valence-corrected chi connectivity index (χ0v) is 23.4. The number of fused-ring (bicyclic) bond motifs is 1. The number of hydrogen-bond acceptors (Lipinski definition) is 5. The minimum absolute atomic E-state index is 0.0579. The van der Waals surface area contributed by atoms with Crippen molar-refractivity contribution >= 4 is 23.4 Å². The number of rotatable bonds is 7. The number of carbonyl (C=O) groups is 3. The average Bonchev–Trinajstić information content (AvgIpc) is 3.58. The van der Waals surface area contributed by atoms with Gasteiger partial charge in [0.15, 0.2) is 0 Å². The molecule has 4 aliphatic rings. The topological polar surface area (TPSA) is 101 Å². The fraction of sp³-hybridized carbons (Fsp3) is 0.500. The number of nitrogens with one attached hydrogen (secondary N) is 2. The first kappa shape index (κ1) is 26.7. The molecule has 1 aromatic heterocycles. The molecule has 6 rings (SSSR count). The van der Waals surface area contributed by atoms with E-state index >= 15 is 0 Å². The van der Waals surface area contributed by atoms with Crippen molar-refractivity contribution in [2.24, 2.45) is 17.8 Å². The van der Waals surface area contributed by atoms with Gasteiger partial charge in [-0.15, -0.1) is 0 Å². The first-order chi connectivity index (χ1) is 19.3. The molecular formula is C32H38N4O4. The van der Waals surface area contributed by atoms with Crippen molar-refractivity contribution in [3.05, 3.63) is 72.1 Å². The van der Waals surface area contributed by atoms with Gasteiger partial charge < -0.3 is 20.3 Å². The third kappa shape index (κ3) is 4.52. The van der Waals surface area contributed by atoms with E-state index in [0.29, 0.717) is 17.5 Å². The van der Waals surface area contributed by atoms with Gasteiger partial charge in [-0.25, -0.2) is 0 Å². The largest absolute Gasteiger partial charge is 0.359 e.